The van der Waals surface area contributed by atoms with Crippen molar-refractivity contribution in [1.82, 2.24) is 0 Å². The summed E-state index contributed by atoms with van der Waals surface area (Å²) in [5.74, 6) is 0. The molecule has 0 atom stereocenters. The van der Waals surface area contributed by atoms with Crippen molar-refractivity contribution in [2.75, 3.05) is 0 Å². The van der Waals surface area contributed by atoms with Crippen LogP contribution in [-0.2, 0) is 0 Å². The molecule has 0 aliphatic heterocycles. The molecule has 0 heterocycles. The molecule has 1 rings (SSSR count). The Labute approximate surface area is 107 Å². The van der Waals surface area contributed by atoms with Crippen molar-refractivity contribution in [1.29, 1.82) is 0 Å². The van der Waals surface area contributed by atoms with Crippen LogP contribution in [0, 0.1) is 30.3 Å². The minimum Gasteiger partial charge on any atom is -0.473 e. The van der Waals surface area contributed by atoms with Gasteiger partial charge in [0.25, 0.3) is 17.1 Å². The molecule has 1 N–H and O–H groups in total. The summed E-state index contributed by atoms with van der Waals surface area (Å²) in [7, 11) is 0. The molecule has 0 radical (unpaired) electrons. The van der Waals surface area contributed by atoms with E-state index in [-0.39, 0.29) is 11.8 Å². The molecule has 19 heavy (non-hydrogen) atoms. The van der Waals surface area contributed by atoms with Gasteiger partial charge in [-0.25, -0.2) is 4.79 Å². The third kappa shape index (κ3) is 3.12. The van der Waals surface area contributed by atoms with E-state index < -0.39 is 42.0 Å². The first-order valence-electron chi connectivity index (χ1n) is 4.26. The normalized spacial score (nSPS) is 9.89. The quantitative estimate of drug-likeness (QED) is 0.496. The van der Waals surface area contributed by atoms with Crippen LogP contribution in [-0.4, -0.2) is 25.2 Å². The molecule has 11 nitrogen and oxygen atoms in total. The van der Waals surface area contributed by atoms with Gasteiger partial charge in [0, 0.05) is 11.8 Å². The van der Waals surface area contributed by atoms with Crippen LogP contribution in [0.4, 0.5) is 21.9 Å². The van der Waals surface area contributed by atoms with Crippen LogP contribution in [0.5, 0.6) is 0 Å². The molecule has 1 aromatic carbocycles. The molecule has 0 bridgehead atoms. The van der Waals surface area contributed by atoms with Crippen molar-refractivity contribution in [2.24, 2.45) is 0 Å². The van der Waals surface area contributed by atoms with E-state index in [0.29, 0.717) is 12.1 Å². The number of nitrogens with zero attached hydrogens (tertiary/aromatic N) is 3. The Hall–Kier alpha value is -2.76. The predicted molar refractivity (Wildman–Crippen MR) is 60.3 cm³/mol. The van der Waals surface area contributed by atoms with E-state index in [1.807, 2.05) is 0 Å². The van der Waals surface area contributed by atoms with Crippen LogP contribution in [0.15, 0.2) is 17.0 Å². The van der Waals surface area contributed by atoms with Crippen molar-refractivity contribution >= 4 is 34.1 Å². The van der Waals surface area contributed by atoms with Crippen LogP contribution >= 0.6 is 11.8 Å². The molecule has 0 amide bonds. The first-order valence-corrected chi connectivity index (χ1v) is 5.07. The molecule has 0 spiro atoms. The van der Waals surface area contributed by atoms with Gasteiger partial charge in [-0.05, 0) is 0 Å². The maximum atomic E-state index is 10.7. The van der Waals surface area contributed by atoms with Gasteiger partial charge in [0.15, 0.2) is 4.90 Å². The van der Waals surface area contributed by atoms with Gasteiger partial charge < -0.3 is 5.11 Å². The summed E-state index contributed by atoms with van der Waals surface area (Å²) in [4.78, 5) is 38.4. The van der Waals surface area contributed by atoms with Crippen LogP contribution < -0.4 is 0 Å². The smallest absolute Gasteiger partial charge is 0.370 e. The summed E-state index contributed by atoms with van der Waals surface area (Å²) in [6, 6.07) is 0.941. The van der Waals surface area contributed by atoms with Crippen LogP contribution in [0.1, 0.15) is 0 Å². The highest BCUT2D eigenvalue weighted by molar-refractivity contribution is 8.13. The summed E-state index contributed by atoms with van der Waals surface area (Å²) >= 11 is -0.161. The Morgan fingerprint density at radius 1 is 1.00 bits per heavy atom. The van der Waals surface area contributed by atoms with Gasteiger partial charge in [-0.15, -0.1) is 0 Å². The molecular weight excluding hydrogens is 286 g/mol. The first kappa shape index (κ1) is 14.3. The lowest BCUT2D eigenvalue weighted by molar-refractivity contribution is -0.407. The van der Waals surface area contributed by atoms with E-state index in [1.165, 1.54) is 0 Å². The maximum absolute atomic E-state index is 10.7. The van der Waals surface area contributed by atoms with Gasteiger partial charge >= 0.3 is 5.30 Å². The zero-order valence-corrected chi connectivity index (χ0v) is 9.53. The summed E-state index contributed by atoms with van der Waals surface area (Å²) in [6.07, 6.45) is 0. The van der Waals surface area contributed by atoms with Crippen molar-refractivity contribution < 1.29 is 24.7 Å². The number of carbonyl (C=O) groups is 1. The average molecular weight is 289 g/mol. The van der Waals surface area contributed by atoms with Gasteiger partial charge in [-0.1, -0.05) is 0 Å². The molecule has 0 unspecified atom stereocenters. The van der Waals surface area contributed by atoms with E-state index in [0.717, 1.165) is 0 Å². The lowest BCUT2D eigenvalue weighted by atomic mass is 10.2. The highest BCUT2D eigenvalue weighted by atomic mass is 32.2. The van der Waals surface area contributed by atoms with Crippen molar-refractivity contribution in [3.05, 3.63) is 42.5 Å². The molecule has 0 aliphatic carbocycles. The second-order valence-corrected chi connectivity index (χ2v) is 3.91. The van der Waals surface area contributed by atoms with Gasteiger partial charge in [0.1, 0.15) is 0 Å². The van der Waals surface area contributed by atoms with E-state index >= 15 is 0 Å². The molecule has 12 heteroatoms. The Bertz CT molecular complexity index is 565. The lowest BCUT2D eigenvalue weighted by Gasteiger charge is -2.01. The summed E-state index contributed by atoms with van der Waals surface area (Å²) in [5, 5.41) is 38.9. The number of non-ortho nitro benzene ring substituents is 1. The molecule has 0 aliphatic rings. The number of nitro benzene ring substituents is 3. The Morgan fingerprint density at radius 2 is 1.42 bits per heavy atom. The Morgan fingerprint density at radius 3 is 1.68 bits per heavy atom. The number of benzene rings is 1. The van der Waals surface area contributed by atoms with E-state index in [2.05, 4.69) is 0 Å². The number of thioether (sulfide) groups is 1. The molecular formula is C7H3N3O8S. The number of hydrogen-bond donors (Lipinski definition) is 1. The zero-order valence-electron chi connectivity index (χ0n) is 8.71. The highest BCUT2D eigenvalue weighted by Gasteiger charge is 2.32. The third-order valence-electron chi connectivity index (χ3n) is 1.83. The van der Waals surface area contributed by atoms with Gasteiger partial charge in [-0.3, -0.25) is 30.3 Å². The minimum atomic E-state index is -1.61. The minimum absolute atomic E-state index is 0.161. The van der Waals surface area contributed by atoms with E-state index in [9.17, 15) is 35.1 Å². The Kier molecular flexibility index (Phi) is 3.96. The van der Waals surface area contributed by atoms with E-state index in [4.69, 9.17) is 5.11 Å². The maximum Gasteiger partial charge on any atom is 0.370 e. The SMILES string of the molecule is O=C(O)Sc1c([N+](=O)[O-])cc([N+](=O)[O-])cc1[N+](=O)[O-]. The largest absolute Gasteiger partial charge is 0.473 e. The fraction of sp³-hybridized carbons (Fsp3) is 0. The molecule has 100 valence electrons. The number of carboxylic acid groups (broad SMARTS) is 1. The number of hydrogen-bond acceptors (Lipinski definition) is 8. The number of nitro groups is 3. The molecule has 0 aromatic heterocycles. The standard InChI is InChI=1S/C7H3N3O8S/c11-7(12)19-6-4(9(15)16)1-3(8(13)14)2-5(6)10(17)18/h1-2H,(H,11,12). The summed E-state index contributed by atoms with van der Waals surface area (Å²) < 4.78 is 0. The highest BCUT2D eigenvalue weighted by Crippen LogP contribution is 2.40. The second kappa shape index (κ2) is 5.26. The lowest BCUT2D eigenvalue weighted by Crippen LogP contribution is -2.01. The fourth-order valence-electron chi connectivity index (χ4n) is 1.15. The summed E-state index contributed by atoms with van der Waals surface area (Å²) in [5.41, 5.74) is -2.88. The second-order valence-electron chi connectivity index (χ2n) is 2.95. The molecule has 0 fully saturated rings. The predicted octanol–water partition coefficient (Wildman–Crippen LogP) is 2.18. The van der Waals surface area contributed by atoms with Crippen LogP contribution in [0.3, 0.4) is 0 Å². The van der Waals surface area contributed by atoms with Crippen LogP contribution in [0.25, 0.3) is 0 Å². The van der Waals surface area contributed by atoms with Crippen molar-refractivity contribution in [3.8, 4) is 0 Å². The molecule has 0 saturated carbocycles. The molecule has 0 saturated heterocycles. The average Bonchev–Trinajstić information content (AvgIpc) is 2.27. The van der Waals surface area contributed by atoms with Crippen LogP contribution in [0.2, 0.25) is 0 Å². The topological polar surface area (TPSA) is 167 Å². The monoisotopic (exact) mass is 289 g/mol. The fourth-order valence-corrected chi connectivity index (χ4v) is 1.80. The molecule has 1 aromatic rings. The zero-order chi connectivity index (χ0) is 14.7. The van der Waals surface area contributed by atoms with Gasteiger partial charge in [0.2, 0.25) is 0 Å². The third-order valence-corrected chi connectivity index (χ3v) is 2.63. The first-order chi connectivity index (χ1) is 8.73. The number of rotatable bonds is 4. The van der Waals surface area contributed by atoms with E-state index in [1.54, 1.807) is 0 Å². The van der Waals surface area contributed by atoms with Crippen molar-refractivity contribution in [3.63, 3.8) is 0 Å². The van der Waals surface area contributed by atoms with Gasteiger partial charge in [-0.2, -0.15) is 0 Å². The van der Waals surface area contributed by atoms with Gasteiger partial charge in [0.05, 0.1) is 26.9 Å². The summed E-state index contributed by atoms with van der Waals surface area (Å²) in [6.45, 7) is 0. The Balaban J connectivity index is 3.64. The van der Waals surface area contributed by atoms with Crippen molar-refractivity contribution in [2.45, 2.75) is 4.90 Å².